The van der Waals surface area contributed by atoms with Gasteiger partial charge < -0.3 is 0 Å². The van der Waals surface area contributed by atoms with Crippen molar-refractivity contribution in [1.29, 1.82) is 0 Å². The van der Waals surface area contributed by atoms with Crippen molar-refractivity contribution in [3.05, 3.63) is 40.3 Å². The van der Waals surface area contributed by atoms with Gasteiger partial charge in [0, 0.05) is 5.92 Å². The van der Waals surface area contributed by atoms with Gasteiger partial charge in [-0.3, -0.25) is 0 Å². The van der Waals surface area contributed by atoms with Crippen LogP contribution in [0.15, 0.2) is 6.07 Å². The molecule has 0 saturated carbocycles. The highest BCUT2D eigenvalue weighted by Crippen LogP contribution is 2.28. The Hall–Kier alpha value is -1.22. The zero-order valence-electron chi connectivity index (χ0n) is 10.4. The first-order chi connectivity index (χ1) is 7.02. The molecule has 15 heavy (non-hydrogen) atoms. The van der Waals surface area contributed by atoms with Crippen LogP contribution >= 0.6 is 0 Å². The van der Waals surface area contributed by atoms with Crippen LogP contribution < -0.4 is 0 Å². The molecular formula is C15H19. The fraction of sp³-hybridized carbons (Fsp3) is 0.467. The molecule has 1 rings (SSSR count). The normalized spacial score (nSPS) is 12.3. The maximum Gasteiger partial charge on any atom is 0.0462 e. The van der Waals surface area contributed by atoms with Gasteiger partial charge in [0.1, 0.15) is 0 Å². The van der Waals surface area contributed by atoms with Gasteiger partial charge in [-0.2, -0.15) is 0 Å². The molecule has 79 valence electrons. The molecule has 0 heteroatoms. The van der Waals surface area contributed by atoms with Gasteiger partial charge in [-0.25, -0.2) is 0 Å². The molecule has 0 fully saturated rings. The summed E-state index contributed by atoms with van der Waals surface area (Å²) in [5.74, 6) is 2.79. The van der Waals surface area contributed by atoms with Crippen LogP contribution in [0.1, 0.15) is 47.1 Å². The molecule has 0 aliphatic heterocycles. The summed E-state index contributed by atoms with van der Waals surface area (Å²) in [7, 11) is 0. The summed E-state index contributed by atoms with van der Waals surface area (Å²) in [5, 5.41) is 0. The fourth-order valence-electron chi connectivity index (χ4n) is 2.00. The third-order valence-electron chi connectivity index (χ3n) is 3.48. The molecule has 0 aromatic heterocycles. The highest BCUT2D eigenvalue weighted by Gasteiger charge is 2.13. The lowest BCUT2D eigenvalue weighted by atomic mass is 9.87. The van der Waals surface area contributed by atoms with E-state index in [1.165, 1.54) is 27.8 Å². The summed E-state index contributed by atoms with van der Waals surface area (Å²) in [4.78, 5) is 0. The largest absolute Gasteiger partial charge is 0.0809 e. The van der Waals surface area contributed by atoms with Crippen LogP contribution in [0.25, 0.3) is 0 Å². The van der Waals surface area contributed by atoms with Crippen LogP contribution in [0.2, 0.25) is 0 Å². The van der Waals surface area contributed by atoms with Crippen LogP contribution in [0.5, 0.6) is 0 Å². The minimum absolute atomic E-state index is 0.156. The van der Waals surface area contributed by atoms with Crippen LogP contribution in [-0.2, 0) is 0 Å². The third-order valence-corrected chi connectivity index (χ3v) is 3.48. The molecule has 0 nitrogen and oxygen atoms in total. The van der Waals surface area contributed by atoms with E-state index in [4.69, 9.17) is 6.42 Å². The summed E-state index contributed by atoms with van der Waals surface area (Å²) < 4.78 is 0. The van der Waals surface area contributed by atoms with Crippen molar-refractivity contribution in [3.8, 4) is 5.92 Å². The lowest BCUT2D eigenvalue weighted by Gasteiger charge is -2.17. The Bertz CT molecular complexity index is 405. The van der Waals surface area contributed by atoms with E-state index in [1.807, 2.05) is 0 Å². The molecule has 1 aromatic rings. The van der Waals surface area contributed by atoms with Gasteiger partial charge in [0.25, 0.3) is 0 Å². The minimum atomic E-state index is 0.156. The smallest absolute Gasteiger partial charge is 0.0462 e. The monoisotopic (exact) mass is 199 g/mol. The quantitative estimate of drug-likeness (QED) is 0.631. The van der Waals surface area contributed by atoms with Crippen molar-refractivity contribution in [2.24, 2.45) is 0 Å². The van der Waals surface area contributed by atoms with Crippen molar-refractivity contribution in [3.63, 3.8) is 0 Å². The first-order valence-corrected chi connectivity index (χ1v) is 5.52. The molecule has 0 bridgehead atoms. The predicted octanol–water partition coefficient (Wildman–Crippen LogP) is 4.00. The zero-order chi connectivity index (χ0) is 11.6. The Morgan fingerprint density at radius 2 is 1.73 bits per heavy atom. The average molecular weight is 199 g/mol. The molecule has 0 heterocycles. The van der Waals surface area contributed by atoms with Gasteiger partial charge in [-0.05, 0) is 68.4 Å². The molecule has 0 saturated heterocycles. The third kappa shape index (κ3) is 2.07. The van der Waals surface area contributed by atoms with Crippen LogP contribution in [-0.4, -0.2) is 0 Å². The molecule has 0 aliphatic carbocycles. The van der Waals surface area contributed by atoms with Crippen molar-refractivity contribution in [2.45, 2.75) is 47.0 Å². The fourth-order valence-corrected chi connectivity index (χ4v) is 2.00. The van der Waals surface area contributed by atoms with E-state index in [0.717, 1.165) is 6.42 Å². The Kier molecular flexibility index (Phi) is 3.58. The second-order valence-electron chi connectivity index (χ2n) is 4.26. The predicted molar refractivity (Wildman–Crippen MR) is 65.6 cm³/mol. The molecule has 0 N–H and O–H groups in total. The van der Waals surface area contributed by atoms with Crippen molar-refractivity contribution in [1.82, 2.24) is 0 Å². The van der Waals surface area contributed by atoms with E-state index >= 15 is 0 Å². The van der Waals surface area contributed by atoms with E-state index < -0.39 is 0 Å². The lowest BCUT2D eigenvalue weighted by molar-refractivity contribution is 0.818. The first kappa shape index (κ1) is 11.9. The molecule has 1 aromatic carbocycles. The lowest BCUT2D eigenvalue weighted by Crippen LogP contribution is -2.02. The van der Waals surface area contributed by atoms with Crippen LogP contribution in [0.4, 0.5) is 0 Å². The molecule has 0 aliphatic rings. The minimum Gasteiger partial charge on any atom is -0.0809 e. The van der Waals surface area contributed by atoms with Crippen molar-refractivity contribution in [2.75, 3.05) is 0 Å². The van der Waals surface area contributed by atoms with Gasteiger partial charge in [0.05, 0.1) is 0 Å². The number of hydrogen-bond donors (Lipinski definition) is 0. The molecule has 1 unspecified atom stereocenters. The average Bonchev–Trinajstić information content (AvgIpc) is 2.24. The van der Waals surface area contributed by atoms with Crippen molar-refractivity contribution >= 4 is 0 Å². The standard InChI is InChI=1S/C15H19/c1-7-14(8-2)15-9-10(3)11(4)12(5)13(15)6/h9,14H,7H2,1,3-6H3. The SMILES string of the molecule is [C]#CC(CC)c1cc(C)c(C)c(C)c1C. The molecule has 0 amide bonds. The molecule has 1 radical (unpaired) electrons. The van der Waals surface area contributed by atoms with E-state index in [1.54, 1.807) is 0 Å². The second kappa shape index (κ2) is 4.53. The van der Waals surface area contributed by atoms with Gasteiger partial charge in [-0.15, -0.1) is 0 Å². The van der Waals surface area contributed by atoms with E-state index in [0.29, 0.717) is 0 Å². The number of benzene rings is 1. The van der Waals surface area contributed by atoms with Gasteiger partial charge >= 0.3 is 0 Å². The van der Waals surface area contributed by atoms with E-state index in [-0.39, 0.29) is 5.92 Å². The Labute approximate surface area is 93.7 Å². The number of rotatable bonds is 2. The highest BCUT2D eigenvalue weighted by atomic mass is 14.2. The Morgan fingerprint density at radius 1 is 1.13 bits per heavy atom. The summed E-state index contributed by atoms with van der Waals surface area (Å²) in [6, 6.07) is 2.22. The number of hydrogen-bond acceptors (Lipinski definition) is 0. The van der Waals surface area contributed by atoms with Crippen LogP contribution in [0.3, 0.4) is 0 Å². The summed E-state index contributed by atoms with van der Waals surface area (Å²) in [6.07, 6.45) is 8.29. The van der Waals surface area contributed by atoms with Gasteiger partial charge in [0.15, 0.2) is 0 Å². The van der Waals surface area contributed by atoms with Crippen molar-refractivity contribution < 1.29 is 0 Å². The molecule has 0 spiro atoms. The van der Waals surface area contributed by atoms with E-state index in [2.05, 4.69) is 46.6 Å². The second-order valence-corrected chi connectivity index (χ2v) is 4.26. The Morgan fingerprint density at radius 3 is 2.20 bits per heavy atom. The molecule has 1 atom stereocenters. The maximum absolute atomic E-state index is 7.34. The maximum atomic E-state index is 7.34. The van der Waals surface area contributed by atoms with E-state index in [9.17, 15) is 0 Å². The zero-order valence-corrected chi connectivity index (χ0v) is 10.4. The van der Waals surface area contributed by atoms with Crippen LogP contribution in [0, 0.1) is 40.0 Å². The summed E-state index contributed by atoms with van der Waals surface area (Å²) in [6.45, 7) is 10.7. The highest BCUT2D eigenvalue weighted by molar-refractivity contribution is 5.46. The number of aryl methyl sites for hydroxylation is 1. The van der Waals surface area contributed by atoms with Gasteiger partial charge in [0.2, 0.25) is 0 Å². The first-order valence-electron chi connectivity index (χ1n) is 5.52. The topological polar surface area (TPSA) is 0 Å². The Balaban J connectivity index is 3.39. The molecular weight excluding hydrogens is 180 g/mol. The summed E-state index contributed by atoms with van der Waals surface area (Å²) in [5.41, 5.74) is 6.65. The summed E-state index contributed by atoms with van der Waals surface area (Å²) >= 11 is 0. The van der Waals surface area contributed by atoms with Gasteiger partial charge in [-0.1, -0.05) is 18.9 Å².